The van der Waals surface area contributed by atoms with Gasteiger partial charge in [-0.15, -0.1) is 0 Å². The molecule has 3 nitrogen and oxygen atoms in total. The van der Waals surface area contributed by atoms with E-state index in [9.17, 15) is 18.0 Å². The first-order valence-corrected chi connectivity index (χ1v) is 6.31. The Bertz CT molecular complexity index is 436. The SMILES string of the molecule is O=C(Nc1ccc(C(F)(F)F)cn1)C1CCCCC1. The Kier molecular flexibility index (Phi) is 4.07. The highest BCUT2D eigenvalue weighted by molar-refractivity contribution is 5.91. The van der Waals surface area contributed by atoms with Gasteiger partial charge in [-0.3, -0.25) is 4.79 Å². The number of rotatable bonds is 2. The minimum Gasteiger partial charge on any atom is -0.310 e. The first-order chi connectivity index (χ1) is 8.97. The van der Waals surface area contributed by atoms with Crippen LogP contribution < -0.4 is 5.32 Å². The van der Waals surface area contributed by atoms with Gasteiger partial charge in [-0.2, -0.15) is 13.2 Å². The second-order valence-electron chi connectivity index (χ2n) is 4.75. The third-order valence-corrected chi connectivity index (χ3v) is 3.32. The summed E-state index contributed by atoms with van der Waals surface area (Å²) in [5, 5.41) is 2.57. The number of carbonyl (C=O) groups is 1. The molecule has 0 radical (unpaired) electrons. The van der Waals surface area contributed by atoms with Crippen molar-refractivity contribution >= 4 is 11.7 Å². The number of anilines is 1. The van der Waals surface area contributed by atoms with Crippen LogP contribution in [0.4, 0.5) is 19.0 Å². The van der Waals surface area contributed by atoms with Gasteiger partial charge in [0.1, 0.15) is 5.82 Å². The van der Waals surface area contributed by atoms with Gasteiger partial charge in [-0.05, 0) is 25.0 Å². The van der Waals surface area contributed by atoms with Crippen LogP contribution in [0.25, 0.3) is 0 Å². The molecule has 1 amide bonds. The molecular weight excluding hydrogens is 257 g/mol. The molecule has 0 aromatic carbocycles. The zero-order valence-electron chi connectivity index (χ0n) is 10.3. The van der Waals surface area contributed by atoms with E-state index in [0.717, 1.165) is 44.4 Å². The van der Waals surface area contributed by atoms with E-state index in [-0.39, 0.29) is 17.6 Å². The number of hydrogen-bond donors (Lipinski definition) is 1. The molecule has 1 fully saturated rings. The second-order valence-corrected chi connectivity index (χ2v) is 4.75. The van der Waals surface area contributed by atoms with Crippen molar-refractivity contribution in [3.8, 4) is 0 Å². The van der Waals surface area contributed by atoms with Crippen LogP contribution in [0.5, 0.6) is 0 Å². The molecule has 1 saturated carbocycles. The summed E-state index contributed by atoms with van der Waals surface area (Å²) in [6, 6.07) is 2.10. The Hall–Kier alpha value is -1.59. The van der Waals surface area contributed by atoms with Crippen LogP contribution in [0.2, 0.25) is 0 Å². The fourth-order valence-corrected chi connectivity index (χ4v) is 2.23. The third-order valence-electron chi connectivity index (χ3n) is 3.32. The van der Waals surface area contributed by atoms with Crippen molar-refractivity contribution in [3.63, 3.8) is 0 Å². The van der Waals surface area contributed by atoms with Crippen molar-refractivity contribution in [1.82, 2.24) is 4.98 Å². The first-order valence-electron chi connectivity index (χ1n) is 6.31. The van der Waals surface area contributed by atoms with Crippen LogP contribution in [0, 0.1) is 5.92 Å². The molecule has 104 valence electrons. The standard InChI is InChI=1S/C13H15F3N2O/c14-13(15,16)10-6-7-11(17-8-10)18-12(19)9-4-2-1-3-5-9/h6-9H,1-5H2,(H,17,18,19). The summed E-state index contributed by atoms with van der Waals surface area (Å²) >= 11 is 0. The number of carbonyl (C=O) groups excluding carboxylic acids is 1. The monoisotopic (exact) mass is 272 g/mol. The number of nitrogens with one attached hydrogen (secondary N) is 1. The van der Waals surface area contributed by atoms with E-state index in [4.69, 9.17) is 0 Å². The summed E-state index contributed by atoms with van der Waals surface area (Å²) in [6.45, 7) is 0. The van der Waals surface area contributed by atoms with E-state index in [1.807, 2.05) is 0 Å². The Balaban J connectivity index is 1.97. The quantitative estimate of drug-likeness (QED) is 0.893. The molecule has 0 saturated heterocycles. The molecule has 1 aliphatic rings. The second kappa shape index (κ2) is 5.59. The van der Waals surface area contributed by atoms with Crippen LogP contribution in [0.15, 0.2) is 18.3 Å². The van der Waals surface area contributed by atoms with Crippen LogP contribution in [0.3, 0.4) is 0 Å². The minimum atomic E-state index is -4.40. The smallest absolute Gasteiger partial charge is 0.310 e. The van der Waals surface area contributed by atoms with Gasteiger partial charge < -0.3 is 5.32 Å². The number of halogens is 3. The van der Waals surface area contributed by atoms with E-state index in [0.29, 0.717) is 0 Å². The molecule has 0 bridgehead atoms. The van der Waals surface area contributed by atoms with E-state index < -0.39 is 11.7 Å². The maximum Gasteiger partial charge on any atom is 0.417 e. The minimum absolute atomic E-state index is 0.0437. The predicted molar refractivity (Wildman–Crippen MR) is 64.4 cm³/mol. The molecule has 1 aromatic heterocycles. The van der Waals surface area contributed by atoms with E-state index in [1.165, 1.54) is 6.07 Å². The van der Waals surface area contributed by atoms with Crippen LogP contribution >= 0.6 is 0 Å². The average molecular weight is 272 g/mol. The number of amides is 1. The number of alkyl halides is 3. The summed E-state index contributed by atoms with van der Waals surface area (Å²) in [6.07, 6.45) is 1.20. The Labute approximate surface area is 109 Å². The van der Waals surface area contributed by atoms with Gasteiger partial charge >= 0.3 is 6.18 Å². The number of aromatic nitrogens is 1. The fraction of sp³-hybridized carbons (Fsp3) is 0.538. The zero-order valence-corrected chi connectivity index (χ0v) is 10.3. The van der Waals surface area contributed by atoms with Gasteiger partial charge in [0, 0.05) is 12.1 Å². The Morgan fingerprint density at radius 2 is 1.89 bits per heavy atom. The molecule has 6 heteroatoms. The van der Waals surface area contributed by atoms with E-state index in [1.54, 1.807) is 0 Å². The summed E-state index contributed by atoms with van der Waals surface area (Å²) in [5.41, 5.74) is -0.817. The lowest BCUT2D eigenvalue weighted by Gasteiger charge is -2.20. The largest absolute Gasteiger partial charge is 0.417 e. The predicted octanol–water partition coefficient (Wildman–Crippen LogP) is 3.62. The number of pyridine rings is 1. The van der Waals surface area contributed by atoms with Crippen molar-refractivity contribution in [2.75, 3.05) is 5.32 Å². The highest BCUT2D eigenvalue weighted by atomic mass is 19.4. The summed E-state index contributed by atoms with van der Waals surface area (Å²) < 4.78 is 37.0. The average Bonchev–Trinajstić information content (AvgIpc) is 2.39. The molecule has 0 unspecified atom stereocenters. The first kappa shape index (κ1) is 13.8. The molecule has 19 heavy (non-hydrogen) atoms. The number of nitrogens with zero attached hydrogens (tertiary/aromatic N) is 1. The van der Waals surface area contributed by atoms with Gasteiger partial charge in [0.25, 0.3) is 0 Å². The molecular formula is C13H15F3N2O. The van der Waals surface area contributed by atoms with Crippen molar-refractivity contribution < 1.29 is 18.0 Å². The molecule has 1 aliphatic carbocycles. The molecule has 1 aromatic rings. The van der Waals surface area contributed by atoms with E-state index in [2.05, 4.69) is 10.3 Å². The number of hydrogen-bond acceptors (Lipinski definition) is 2. The van der Waals surface area contributed by atoms with Crippen LogP contribution in [-0.4, -0.2) is 10.9 Å². The Morgan fingerprint density at radius 1 is 1.21 bits per heavy atom. The molecule has 1 heterocycles. The van der Waals surface area contributed by atoms with Crippen molar-refractivity contribution in [2.45, 2.75) is 38.3 Å². The highest BCUT2D eigenvalue weighted by Crippen LogP contribution is 2.29. The topological polar surface area (TPSA) is 42.0 Å². The molecule has 0 atom stereocenters. The summed E-state index contributed by atoms with van der Waals surface area (Å²) in [5.74, 6) is -0.0200. The van der Waals surface area contributed by atoms with Gasteiger partial charge in [-0.25, -0.2) is 4.98 Å². The van der Waals surface area contributed by atoms with Gasteiger partial charge in [0.15, 0.2) is 0 Å². The highest BCUT2D eigenvalue weighted by Gasteiger charge is 2.30. The normalized spacial score (nSPS) is 17.2. The maximum absolute atomic E-state index is 12.3. The molecule has 0 spiro atoms. The van der Waals surface area contributed by atoms with Crippen LogP contribution in [0.1, 0.15) is 37.7 Å². The van der Waals surface area contributed by atoms with Crippen molar-refractivity contribution in [3.05, 3.63) is 23.9 Å². The summed E-state index contributed by atoms with van der Waals surface area (Å²) in [4.78, 5) is 15.5. The third kappa shape index (κ3) is 3.68. The zero-order chi connectivity index (χ0) is 13.9. The van der Waals surface area contributed by atoms with Gasteiger partial charge in [0.2, 0.25) is 5.91 Å². The van der Waals surface area contributed by atoms with Gasteiger partial charge in [-0.1, -0.05) is 19.3 Å². The Morgan fingerprint density at radius 3 is 2.42 bits per heavy atom. The van der Waals surface area contributed by atoms with E-state index >= 15 is 0 Å². The van der Waals surface area contributed by atoms with Crippen LogP contribution in [-0.2, 0) is 11.0 Å². The molecule has 2 rings (SSSR count). The lowest BCUT2D eigenvalue weighted by Crippen LogP contribution is -2.25. The molecule has 1 N–H and O–H groups in total. The van der Waals surface area contributed by atoms with Crippen molar-refractivity contribution in [2.24, 2.45) is 5.92 Å². The fourth-order valence-electron chi connectivity index (χ4n) is 2.23. The molecule has 0 aliphatic heterocycles. The lowest BCUT2D eigenvalue weighted by molar-refractivity contribution is -0.137. The van der Waals surface area contributed by atoms with Gasteiger partial charge in [0.05, 0.1) is 5.56 Å². The lowest BCUT2D eigenvalue weighted by atomic mass is 9.89. The van der Waals surface area contributed by atoms with Crippen molar-refractivity contribution in [1.29, 1.82) is 0 Å². The summed E-state index contributed by atoms with van der Waals surface area (Å²) in [7, 11) is 0. The maximum atomic E-state index is 12.3.